The molecule has 0 fully saturated rings. The summed E-state index contributed by atoms with van der Waals surface area (Å²) in [5.74, 6) is 0. The Morgan fingerprint density at radius 3 is 2.57 bits per heavy atom. The van der Waals surface area contributed by atoms with Crippen LogP contribution < -0.4 is 0 Å². The molecular weight excluding hydrogens is 392 g/mol. The zero-order chi connectivity index (χ0) is 20.9. The van der Waals surface area contributed by atoms with E-state index in [0.29, 0.717) is 4.90 Å². The third-order valence-electron chi connectivity index (χ3n) is 5.89. The van der Waals surface area contributed by atoms with Gasteiger partial charge in [-0.25, -0.2) is 14.0 Å². The Bertz CT molecular complexity index is 1350. The van der Waals surface area contributed by atoms with Gasteiger partial charge in [0.25, 0.3) is 0 Å². The minimum atomic E-state index is -2.71. The van der Waals surface area contributed by atoms with Crippen LogP contribution in [0.5, 0.6) is 0 Å². The fourth-order valence-corrected chi connectivity index (χ4v) is 4.83. The van der Waals surface area contributed by atoms with Gasteiger partial charge < -0.3 is 9.88 Å². The minimum absolute atomic E-state index is 0.545. The molecule has 6 heteroatoms. The van der Waals surface area contributed by atoms with Crippen LogP contribution in [0.15, 0.2) is 65.8 Å². The summed E-state index contributed by atoms with van der Waals surface area (Å²) in [4.78, 5) is 10.8. The second-order valence-electron chi connectivity index (χ2n) is 8.16. The number of aromatic nitrogens is 2. The molecule has 0 saturated carbocycles. The number of fused-ring (bicyclic) bond motifs is 2. The largest absolute Gasteiger partial charge is 0.346 e. The van der Waals surface area contributed by atoms with Gasteiger partial charge in [0, 0.05) is 53.1 Å². The minimum Gasteiger partial charge on any atom is -0.346 e. The number of hydrogen-bond acceptors (Lipinski definition) is 4. The maximum absolute atomic E-state index is 12.0. The molecule has 1 aliphatic heterocycles. The van der Waals surface area contributed by atoms with Crippen molar-refractivity contribution in [2.45, 2.75) is 17.9 Å². The highest BCUT2D eigenvalue weighted by atomic mass is 32.2. The van der Waals surface area contributed by atoms with E-state index < -0.39 is 9.73 Å². The van der Waals surface area contributed by atoms with Crippen molar-refractivity contribution in [3.05, 3.63) is 72.1 Å². The molecule has 0 bridgehead atoms. The molecule has 2 aromatic heterocycles. The zero-order valence-electron chi connectivity index (χ0n) is 17.1. The Morgan fingerprint density at radius 2 is 1.80 bits per heavy atom. The molecule has 2 aromatic carbocycles. The number of rotatable bonds is 3. The molecule has 5 nitrogen and oxygen atoms in total. The van der Waals surface area contributed by atoms with Gasteiger partial charge in [-0.15, -0.1) is 0 Å². The van der Waals surface area contributed by atoms with Crippen LogP contribution in [0, 0.1) is 4.78 Å². The maximum Gasteiger partial charge on any atom is 0.137 e. The lowest BCUT2D eigenvalue weighted by atomic mass is 9.95. The number of benzene rings is 2. The summed E-state index contributed by atoms with van der Waals surface area (Å²) < 4.78 is 19.7. The van der Waals surface area contributed by atoms with Gasteiger partial charge in [-0.05, 0) is 60.0 Å². The average molecular weight is 417 g/mol. The standard InChI is InChI=1S/C24H24N4OS/c1-28-10-9-16-3-4-18(11-20(16)15-28)19-12-22-23(14-27-24(22)26-13-19)17-5-7-21(8-6-17)30(2,25)29/h3-8,11-14,25H,9-10,15H2,1-2H3,(H,26,27). The van der Waals surface area contributed by atoms with Crippen molar-refractivity contribution in [3.8, 4) is 22.3 Å². The van der Waals surface area contributed by atoms with Crippen LogP contribution in [-0.4, -0.2) is 38.9 Å². The number of likely N-dealkylation sites (N-methyl/N-ethyl adjacent to an activating group) is 1. The summed E-state index contributed by atoms with van der Waals surface area (Å²) in [6.07, 6.45) is 6.43. The van der Waals surface area contributed by atoms with Crippen LogP contribution in [0.1, 0.15) is 11.1 Å². The second kappa shape index (κ2) is 7.07. The third kappa shape index (κ3) is 3.42. The Morgan fingerprint density at radius 1 is 1.03 bits per heavy atom. The zero-order valence-corrected chi connectivity index (χ0v) is 17.9. The molecule has 0 aliphatic carbocycles. The van der Waals surface area contributed by atoms with E-state index in [0.717, 1.165) is 47.2 Å². The molecule has 4 aromatic rings. The van der Waals surface area contributed by atoms with E-state index in [4.69, 9.17) is 4.78 Å². The summed E-state index contributed by atoms with van der Waals surface area (Å²) in [6.45, 7) is 2.09. The van der Waals surface area contributed by atoms with E-state index in [9.17, 15) is 4.21 Å². The quantitative estimate of drug-likeness (QED) is 0.498. The van der Waals surface area contributed by atoms with Gasteiger partial charge in [-0.1, -0.05) is 24.3 Å². The van der Waals surface area contributed by atoms with Crippen LogP contribution in [0.4, 0.5) is 0 Å². The number of aromatic amines is 1. The highest BCUT2D eigenvalue weighted by Gasteiger charge is 2.15. The Labute approximate surface area is 176 Å². The predicted molar refractivity (Wildman–Crippen MR) is 122 cm³/mol. The van der Waals surface area contributed by atoms with E-state index in [1.807, 2.05) is 24.5 Å². The summed E-state index contributed by atoms with van der Waals surface area (Å²) in [5.41, 5.74) is 8.02. The van der Waals surface area contributed by atoms with Crippen molar-refractivity contribution in [2.75, 3.05) is 19.8 Å². The van der Waals surface area contributed by atoms with Crippen LogP contribution in [0.3, 0.4) is 0 Å². The van der Waals surface area contributed by atoms with Crippen LogP contribution in [0.2, 0.25) is 0 Å². The van der Waals surface area contributed by atoms with Crippen molar-refractivity contribution in [1.82, 2.24) is 14.9 Å². The normalized spacial score (nSPS) is 16.3. The van der Waals surface area contributed by atoms with Crippen LogP contribution >= 0.6 is 0 Å². The fraction of sp³-hybridized carbons (Fsp3) is 0.208. The topological polar surface area (TPSA) is 72.8 Å². The summed E-state index contributed by atoms with van der Waals surface area (Å²) >= 11 is 0. The molecule has 152 valence electrons. The first-order valence-corrected chi connectivity index (χ1v) is 12.0. The van der Waals surface area contributed by atoms with Crippen molar-refractivity contribution >= 4 is 20.8 Å². The number of pyridine rings is 1. The fourth-order valence-electron chi connectivity index (χ4n) is 4.17. The van der Waals surface area contributed by atoms with E-state index in [-0.39, 0.29) is 0 Å². The smallest absolute Gasteiger partial charge is 0.137 e. The lowest BCUT2D eigenvalue weighted by Crippen LogP contribution is -2.26. The SMILES string of the molecule is CN1CCc2ccc(-c3cnc4[nH]cc(-c5ccc(S(C)(=N)=O)cc5)c4c3)cc2C1. The van der Waals surface area contributed by atoms with Gasteiger partial charge >= 0.3 is 0 Å². The first-order chi connectivity index (χ1) is 14.4. The van der Waals surface area contributed by atoms with Gasteiger partial charge in [0.1, 0.15) is 5.65 Å². The monoisotopic (exact) mass is 416 g/mol. The number of nitrogens with zero attached hydrogens (tertiary/aromatic N) is 2. The molecule has 1 unspecified atom stereocenters. The van der Waals surface area contributed by atoms with Crippen LogP contribution in [-0.2, 0) is 22.7 Å². The van der Waals surface area contributed by atoms with Crippen molar-refractivity contribution in [3.63, 3.8) is 0 Å². The summed E-state index contributed by atoms with van der Waals surface area (Å²) in [5, 5.41) is 1.05. The molecular formula is C24H24N4OS. The molecule has 0 amide bonds. The first-order valence-electron chi connectivity index (χ1n) is 10.0. The molecule has 2 N–H and O–H groups in total. The van der Waals surface area contributed by atoms with Crippen molar-refractivity contribution in [1.29, 1.82) is 4.78 Å². The number of nitrogens with one attached hydrogen (secondary N) is 2. The van der Waals surface area contributed by atoms with E-state index in [2.05, 4.69) is 46.2 Å². The summed E-state index contributed by atoms with van der Waals surface area (Å²) in [6, 6.07) is 16.3. The van der Waals surface area contributed by atoms with Crippen LogP contribution in [0.25, 0.3) is 33.3 Å². The number of H-pyrrole nitrogens is 1. The van der Waals surface area contributed by atoms with Gasteiger partial charge in [0.2, 0.25) is 0 Å². The van der Waals surface area contributed by atoms with Gasteiger partial charge in [0.15, 0.2) is 0 Å². The van der Waals surface area contributed by atoms with E-state index in [1.54, 1.807) is 12.1 Å². The first kappa shape index (κ1) is 19.0. The Kier molecular flexibility index (Phi) is 4.49. The maximum atomic E-state index is 12.0. The second-order valence-corrected chi connectivity index (χ2v) is 10.3. The third-order valence-corrected chi connectivity index (χ3v) is 7.06. The molecule has 30 heavy (non-hydrogen) atoms. The molecule has 1 aliphatic rings. The molecule has 3 heterocycles. The van der Waals surface area contributed by atoms with Gasteiger partial charge in [0.05, 0.1) is 9.73 Å². The molecule has 0 saturated heterocycles. The highest BCUT2D eigenvalue weighted by molar-refractivity contribution is 7.91. The number of hydrogen-bond donors (Lipinski definition) is 2. The molecule has 1 atom stereocenters. The molecule has 0 spiro atoms. The summed E-state index contributed by atoms with van der Waals surface area (Å²) in [7, 11) is -0.544. The highest BCUT2D eigenvalue weighted by Crippen LogP contribution is 2.32. The van der Waals surface area contributed by atoms with Crippen molar-refractivity contribution < 1.29 is 4.21 Å². The lowest BCUT2D eigenvalue weighted by molar-refractivity contribution is 0.313. The van der Waals surface area contributed by atoms with Crippen molar-refractivity contribution in [2.24, 2.45) is 0 Å². The van der Waals surface area contributed by atoms with E-state index >= 15 is 0 Å². The van der Waals surface area contributed by atoms with Gasteiger partial charge in [-0.3, -0.25) is 0 Å². The van der Waals surface area contributed by atoms with Gasteiger partial charge in [-0.2, -0.15) is 0 Å². The Balaban J connectivity index is 1.56. The molecule has 0 radical (unpaired) electrons. The predicted octanol–water partition coefficient (Wildman–Crippen LogP) is 4.92. The van der Waals surface area contributed by atoms with E-state index in [1.165, 1.54) is 22.9 Å². The molecule has 5 rings (SSSR count). The average Bonchev–Trinajstić information content (AvgIpc) is 3.16. The lowest BCUT2D eigenvalue weighted by Gasteiger charge is -2.25. The Hall–Kier alpha value is -2.96.